The molecule has 1 amide bonds. The quantitative estimate of drug-likeness (QED) is 0.684. The maximum atomic E-state index is 12.6. The standard InChI is InChI=1S/C21H22ClN3O2/c1-14(20-12-25(3)24-15(20)2)23-21(26)17-6-4-5-16(11-17)13-27-19-9-7-18(22)8-10-19/h4-12,14H,13H2,1-3H3,(H,23,26). The van der Waals surface area contributed by atoms with Gasteiger partial charge < -0.3 is 10.1 Å². The van der Waals surface area contributed by atoms with Crippen molar-refractivity contribution in [3.8, 4) is 5.75 Å². The van der Waals surface area contributed by atoms with Gasteiger partial charge >= 0.3 is 0 Å². The summed E-state index contributed by atoms with van der Waals surface area (Å²) in [5, 5.41) is 8.02. The van der Waals surface area contributed by atoms with Crippen LogP contribution in [0.1, 0.15) is 40.1 Å². The van der Waals surface area contributed by atoms with Gasteiger partial charge in [-0.1, -0.05) is 23.7 Å². The monoisotopic (exact) mass is 383 g/mol. The van der Waals surface area contributed by atoms with Gasteiger partial charge in [-0.3, -0.25) is 9.48 Å². The highest BCUT2D eigenvalue weighted by Crippen LogP contribution is 2.18. The van der Waals surface area contributed by atoms with Gasteiger partial charge in [0.25, 0.3) is 5.91 Å². The van der Waals surface area contributed by atoms with Crippen LogP contribution in [0.4, 0.5) is 0 Å². The molecule has 0 saturated heterocycles. The lowest BCUT2D eigenvalue weighted by atomic mass is 10.1. The molecular formula is C21H22ClN3O2. The normalized spacial score (nSPS) is 11.9. The van der Waals surface area contributed by atoms with E-state index in [1.165, 1.54) is 0 Å². The summed E-state index contributed by atoms with van der Waals surface area (Å²) in [5.41, 5.74) is 3.44. The van der Waals surface area contributed by atoms with Crippen LogP contribution in [0.25, 0.3) is 0 Å². The molecule has 0 aliphatic carbocycles. The minimum atomic E-state index is -0.126. The van der Waals surface area contributed by atoms with Gasteiger partial charge in [0.2, 0.25) is 0 Å². The fraction of sp³-hybridized carbons (Fsp3) is 0.238. The smallest absolute Gasteiger partial charge is 0.251 e. The summed E-state index contributed by atoms with van der Waals surface area (Å²) >= 11 is 5.88. The first-order chi connectivity index (χ1) is 12.9. The molecule has 3 aromatic rings. The molecule has 1 aromatic heterocycles. The third-order valence-electron chi connectivity index (χ3n) is 4.27. The molecule has 140 valence electrons. The van der Waals surface area contributed by atoms with Crippen molar-refractivity contribution in [3.05, 3.63) is 82.1 Å². The van der Waals surface area contributed by atoms with Crippen molar-refractivity contribution >= 4 is 17.5 Å². The second-order valence-corrected chi connectivity index (χ2v) is 6.92. The van der Waals surface area contributed by atoms with Crippen molar-refractivity contribution in [3.63, 3.8) is 0 Å². The van der Waals surface area contributed by atoms with Crippen LogP contribution >= 0.6 is 11.6 Å². The lowest BCUT2D eigenvalue weighted by Gasteiger charge is -2.14. The highest BCUT2D eigenvalue weighted by molar-refractivity contribution is 6.30. The summed E-state index contributed by atoms with van der Waals surface area (Å²) in [7, 11) is 1.87. The summed E-state index contributed by atoms with van der Waals surface area (Å²) in [6.07, 6.45) is 1.93. The summed E-state index contributed by atoms with van der Waals surface area (Å²) < 4.78 is 7.50. The van der Waals surface area contributed by atoms with E-state index in [2.05, 4.69) is 10.4 Å². The molecule has 27 heavy (non-hydrogen) atoms. The Morgan fingerprint density at radius 1 is 1.26 bits per heavy atom. The first-order valence-corrected chi connectivity index (χ1v) is 9.08. The maximum Gasteiger partial charge on any atom is 0.251 e. The Labute approximate surface area is 163 Å². The first-order valence-electron chi connectivity index (χ1n) is 8.70. The number of carbonyl (C=O) groups excluding carboxylic acids is 1. The van der Waals surface area contributed by atoms with Gasteiger partial charge in [0.05, 0.1) is 11.7 Å². The summed E-state index contributed by atoms with van der Waals surface area (Å²) in [4.78, 5) is 12.6. The number of nitrogens with zero attached hydrogens (tertiary/aromatic N) is 2. The number of benzene rings is 2. The van der Waals surface area contributed by atoms with Gasteiger partial charge in [0, 0.05) is 29.4 Å². The lowest BCUT2D eigenvalue weighted by molar-refractivity contribution is 0.0939. The summed E-state index contributed by atoms with van der Waals surface area (Å²) in [5.74, 6) is 0.606. The van der Waals surface area contributed by atoms with Crippen LogP contribution in [0.5, 0.6) is 5.75 Å². The molecule has 0 aliphatic heterocycles. The molecule has 3 rings (SSSR count). The van der Waals surface area contributed by atoms with Crippen molar-refractivity contribution in [2.24, 2.45) is 7.05 Å². The van der Waals surface area contributed by atoms with Crippen molar-refractivity contribution in [2.45, 2.75) is 26.5 Å². The molecule has 2 aromatic carbocycles. The number of carbonyl (C=O) groups is 1. The van der Waals surface area contributed by atoms with E-state index in [1.807, 2.05) is 57.4 Å². The van der Waals surface area contributed by atoms with Gasteiger partial charge in [0.15, 0.2) is 0 Å². The SMILES string of the molecule is Cc1nn(C)cc1C(C)NC(=O)c1cccc(COc2ccc(Cl)cc2)c1. The molecule has 5 nitrogen and oxygen atoms in total. The van der Waals surface area contributed by atoms with E-state index in [4.69, 9.17) is 16.3 Å². The van der Waals surface area contributed by atoms with E-state index in [1.54, 1.807) is 22.9 Å². The molecule has 1 N–H and O–H groups in total. The number of hydrogen-bond acceptors (Lipinski definition) is 3. The van der Waals surface area contributed by atoms with Crippen molar-refractivity contribution in [2.75, 3.05) is 0 Å². The molecule has 0 saturated carbocycles. The maximum absolute atomic E-state index is 12.6. The van der Waals surface area contributed by atoms with Gasteiger partial charge in [-0.15, -0.1) is 0 Å². The van der Waals surface area contributed by atoms with Gasteiger partial charge in [-0.25, -0.2) is 0 Å². The fourth-order valence-corrected chi connectivity index (χ4v) is 3.03. The fourth-order valence-electron chi connectivity index (χ4n) is 2.90. The Balaban J connectivity index is 1.64. The zero-order chi connectivity index (χ0) is 19.4. The van der Waals surface area contributed by atoms with E-state index < -0.39 is 0 Å². The Morgan fingerprint density at radius 3 is 2.67 bits per heavy atom. The minimum absolute atomic E-state index is 0.125. The summed E-state index contributed by atoms with van der Waals surface area (Å²) in [6, 6.07) is 14.5. The number of aromatic nitrogens is 2. The molecule has 1 heterocycles. The molecular weight excluding hydrogens is 362 g/mol. The van der Waals surface area contributed by atoms with Crippen molar-refractivity contribution in [1.82, 2.24) is 15.1 Å². The van der Waals surface area contributed by atoms with Crippen LogP contribution in [0.15, 0.2) is 54.7 Å². The van der Waals surface area contributed by atoms with Gasteiger partial charge in [-0.05, 0) is 55.8 Å². The second-order valence-electron chi connectivity index (χ2n) is 6.48. The third-order valence-corrected chi connectivity index (χ3v) is 4.53. The Bertz CT molecular complexity index is 935. The van der Waals surface area contributed by atoms with Crippen LogP contribution in [0.2, 0.25) is 5.02 Å². The van der Waals surface area contributed by atoms with Crippen LogP contribution in [0, 0.1) is 6.92 Å². The van der Waals surface area contributed by atoms with E-state index >= 15 is 0 Å². The largest absolute Gasteiger partial charge is 0.489 e. The molecule has 6 heteroatoms. The number of aryl methyl sites for hydroxylation is 2. The average Bonchev–Trinajstić information content (AvgIpc) is 3.00. The number of nitrogens with one attached hydrogen (secondary N) is 1. The molecule has 0 spiro atoms. The topological polar surface area (TPSA) is 56.2 Å². The molecule has 0 fully saturated rings. The Kier molecular flexibility index (Phi) is 5.81. The van der Waals surface area contributed by atoms with Gasteiger partial charge in [-0.2, -0.15) is 5.10 Å². The van der Waals surface area contributed by atoms with Crippen molar-refractivity contribution < 1.29 is 9.53 Å². The van der Waals surface area contributed by atoms with E-state index in [0.717, 1.165) is 22.6 Å². The predicted octanol–water partition coefficient (Wildman–Crippen LogP) is 4.45. The first kappa shape index (κ1) is 19.0. The zero-order valence-corrected chi connectivity index (χ0v) is 16.3. The Hall–Kier alpha value is -2.79. The van der Waals surface area contributed by atoms with E-state index in [-0.39, 0.29) is 11.9 Å². The zero-order valence-electron chi connectivity index (χ0n) is 15.6. The molecule has 0 bridgehead atoms. The highest BCUT2D eigenvalue weighted by atomic mass is 35.5. The number of halogens is 1. The van der Waals surface area contributed by atoms with Crippen LogP contribution < -0.4 is 10.1 Å². The summed E-state index contributed by atoms with van der Waals surface area (Å²) in [6.45, 7) is 4.27. The number of amides is 1. The predicted molar refractivity (Wildman–Crippen MR) is 106 cm³/mol. The third kappa shape index (κ3) is 4.89. The molecule has 1 unspecified atom stereocenters. The second kappa shape index (κ2) is 8.27. The van der Waals surface area contributed by atoms with E-state index in [0.29, 0.717) is 17.2 Å². The Morgan fingerprint density at radius 2 is 2.00 bits per heavy atom. The van der Waals surface area contributed by atoms with Crippen LogP contribution in [-0.2, 0) is 13.7 Å². The molecule has 0 radical (unpaired) electrons. The lowest BCUT2D eigenvalue weighted by Crippen LogP contribution is -2.27. The molecule has 0 aliphatic rings. The van der Waals surface area contributed by atoms with Gasteiger partial charge in [0.1, 0.15) is 12.4 Å². The van der Waals surface area contributed by atoms with Crippen LogP contribution in [-0.4, -0.2) is 15.7 Å². The van der Waals surface area contributed by atoms with E-state index in [9.17, 15) is 4.79 Å². The minimum Gasteiger partial charge on any atom is -0.489 e. The number of hydrogen-bond donors (Lipinski definition) is 1. The average molecular weight is 384 g/mol. The van der Waals surface area contributed by atoms with Crippen LogP contribution in [0.3, 0.4) is 0 Å². The highest BCUT2D eigenvalue weighted by Gasteiger charge is 2.15. The number of rotatable bonds is 6. The molecule has 1 atom stereocenters. The number of ether oxygens (including phenoxy) is 1. The van der Waals surface area contributed by atoms with Crippen molar-refractivity contribution in [1.29, 1.82) is 0 Å².